The molecule has 2 nitrogen and oxygen atoms in total. The summed E-state index contributed by atoms with van der Waals surface area (Å²) in [5.74, 6) is -37.7. The molecule has 24 heavy (non-hydrogen) atoms. The molecule has 0 amide bonds. The molecule has 144 valence electrons. The third kappa shape index (κ3) is 3.56. The van der Waals surface area contributed by atoms with Gasteiger partial charge < -0.3 is 5.11 Å². The third-order valence-corrected chi connectivity index (χ3v) is 3.26. The quantitative estimate of drug-likeness (QED) is 0.417. The molecule has 0 aliphatic rings. The Morgan fingerprint density at radius 2 is 1.21 bits per heavy atom. The first-order valence-corrected chi connectivity index (χ1v) is 6.63. The molecule has 12 heteroatoms. The summed E-state index contributed by atoms with van der Waals surface area (Å²) < 4.78 is 131. The molecule has 0 unspecified atom stereocenters. The van der Waals surface area contributed by atoms with Crippen molar-refractivity contribution in [1.82, 2.24) is 0 Å². The van der Waals surface area contributed by atoms with Crippen molar-refractivity contribution in [2.45, 2.75) is 68.6 Å². The second-order valence-corrected chi connectivity index (χ2v) is 5.12. The van der Waals surface area contributed by atoms with E-state index >= 15 is 0 Å². The van der Waals surface area contributed by atoms with Gasteiger partial charge >= 0.3 is 35.6 Å². The number of unbranched alkanes of at least 4 members (excludes halogenated alkanes) is 3. The van der Waals surface area contributed by atoms with Gasteiger partial charge in [0.15, 0.2) is 0 Å². The Morgan fingerprint density at radius 3 is 1.58 bits per heavy atom. The lowest BCUT2D eigenvalue weighted by atomic mass is 9.92. The fourth-order valence-corrected chi connectivity index (χ4v) is 1.69. The Balaban J connectivity index is 5.68. The molecule has 1 N–H and O–H groups in total. The van der Waals surface area contributed by atoms with Crippen LogP contribution in [-0.2, 0) is 4.79 Å². The fourth-order valence-electron chi connectivity index (χ4n) is 1.69. The average Bonchev–Trinajstić information content (AvgIpc) is 2.42. The summed E-state index contributed by atoms with van der Waals surface area (Å²) in [5.41, 5.74) is 0. The van der Waals surface area contributed by atoms with Crippen LogP contribution in [0.4, 0.5) is 43.9 Å². The number of hydrogen-bond acceptors (Lipinski definition) is 1. The number of carboxylic acids is 1. The zero-order valence-corrected chi connectivity index (χ0v) is 12.2. The van der Waals surface area contributed by atoms with E-state index in [2.05, 4.69) is 0 Å². The molecule has 0 bridgehead atoms. The first-order chi connectivity index (χ1) is 10.5. The van der Waals surface area contributed by atoms with Gasteiger partial charge in [-0.25, -0.2) is 4.79 Å². The number of alkyl halides is 10. The third-order valence-electron chi connectivity index (χ3n) is 3.26. The van der Waals surface area contributed by atoms with E-state index in [9.17, 15) is 48.7 Å². The molecule has 0 aliphatic carbocycles. The standard InChI is InChI=1S/C12H14F10O2/c1-2-3-4-5-6-8(13,14)10(17,18)12(21,22)11(19,20)9(15,16)7(23)24/h2-6H2,1H3,(H,23,24). The van der Waals surface area contributed by atoms with Crippen molar-refractivity contribution in [1.29, 1.82) is 0 Å². The van der Waals surface area contributed by atoms with E-state index in [-0.39, 0.29) is 12.8 Å². The summed E-state index contributed by atoms with van der Waals surface area (Å²) in [6.45, 7) is 1.61. The summed E-state index contributed by atoms with van der Waals surface area (Å²) >= 11 is 0. The van der Waals surface area contributed by atoms with Crippen LogP contribution in [0.25, 0.3) is 0 Å². The van der Waals surface area contributed by atoms with Crippen LogP contribution in [0, 0.1) is 0 Å². The Bertz CT molecular complexity index is 447. The molecule has 0 heterocycles. The van der Waals surface area contributed by atoms with E-state index in [0.29, 0.717) is 6.42 Å². The van der Waals surface area contributed by atoms with Gasteiger partial charge in [0, 0.05) is 6.42 Å². The second kappa shape index (κ2) is 6.95. The van der Waals surface area contributed by atoms with E-state index in [1.807, 2.05) is 0 Å². The SMILES string of the molecule is CCCCCCC(F)(F)C(F)(F)C(F)(F)C(F)(F)C(F)(F)C(=O)O. The molecule has 0 atom stereocenters. The number of aliphatic carboxylic acids is 1. The van der Waals surface area contributed by atoms with Gasteiger partial charge in [0.05, 0.1) is 0 Å². The molecular weight excluding hydrogens is 366 g/mol. The normalized spacial score (nSPS) is 14.8. The van der Waals surface area contributed by atoms with Crippen LogP contribution in [-0.4, -0.2) is 40.7 Å². The van der Waals surface area contributed by atoms with Crippen molar-refractivity contribution in [3.63, 3.8) is 0 Å². The first kappa shape index (κ1) is 22.8. The highest BCUT2D eigenvalue weighted by Gasteiger charge is 2.87. The molecule has 0 spiro atoms. The number of halogens is 10. The van der Waals surface area contributed by atoms with E-state index in [1.165, 1.54) is 0 Å². The van der Waals surface area contributed by atoms with Crippen molar-refractivity contribution < 1.29 is 53.8 Å². The smallest absolute Gasteiger partial charge is 0.410 e. The van der Waals surface area contributed by atoms with Crippen molar-refractivity contribution in [3.05, 3.63) is 0 Å². The van der Waals surface area contributed by atoms with Gasteiger partial charge in [0.25, 0.3) is 0 Å². The van der Waals surface area contributed by atoms with Gasteiger partial charge in [0.2, 0.25) is 0 Å². The van der Waals surface area contributed by atoms with Crippen LogP contribution in [0.2, 0.25) is 0 Å². The van der Waals surface area contributed by atoms with Crippen molar-refractivity contribution in [3.8, 4) is 0 Å². The molecule has 0 aliphatic heterocycles. The van der Waals surface area contributed by atoms with Crippen LogP contribution in [0.5, 0.6) is 0 Å². The fraction of sp³-hybridized carbons (Fsp3) is 0.917. The molecule has 0 fully saturated rings. The molecule has 0 aromatic carbocycles. The minimum absolute atomic E-state index is 0.102. The molecule has 0 radical (unpaired) electrons. The van der Waals surface area contributed by atoms with Gasteiger partial charge in [-0.2, -0.15) is 43.9 Å². The predicted molar refractivity (Wildman–Crippen MR) is 61.1 cm³/mol. The van der Waals surface area contributed by atoms with E-state index in [4.69, 9.17) is 5.11 Å². The van der Waals surface area contributed by atoms with Crippen LogP contribution in [0.3, 0.4) is 0 Å². The highest BCUT2D eigenvalue weighted by atomic mass is 19.4. The average molecular weight is 380 g/mol. The maximum absolute atomic E-state index is 13.3. The lowest BCUT2D eigenvalue weighted by Crippen LogP contribution is -2.68. The zero-order valence-electron chi connectivity index (χ0n) is 12.2. The van der Waals surface area contributed by atoms with E-state index < -0.39 is 48.4 Å². The summed E-state index contributed by atoms with van der Waals surface area (Å²) in [4.78, 5) is 9.94. The number of hydrogen-bond donors (Lipinski definition) is 1. The van der Waals surface area contributed by atoms with Gasteiger partial charge in [-0.3, -0.25) is 0 Å². The lowest BCUT2D eigenvalue weighted by molar-refractivity contribution is -0.397. The topological polar surface area (TPSA) is 37.3 Å². The largest absolute Gasteiger partial charge is 0.477 e. The molecule has 0 rings (SSSR count). The monoisotopic (exact) mass is 380 g/mol. The summed E-state index contributed by atoms with van der Waals surface area (Å²) in [6.07, 6.45) is -2.07. The predicted octanol–water partition coefficient (Wildman–Crippen LogP) is 5.22. The summed E-state index contributed by atoms with van der Waals surface area (Å²) in [7, 11) is 0. The lowest BCUT2D eigenvalue weighted by Gasteiger charge is -2.38. The Morgan fingerprint density at radius 1 is 0.750 bits per heavy atom. The van der Waals surface area contributed by atoms with Crippen LogP contribution in [0.1, 0.15) is 39.0 Å². The van der Waals surface area contributed by atoms with Crippen molar-refractivity contribution in [2.75, 3.05) is 0 Å². The summed E-state index contributed by atoms with van der Waals surface area (Å²) in [5, 5.41) is 7.81. The highest BCUT2D eigenvalue weighted by molar-refractivity contribution is 5.77. The minimum atomic E-state index is -7.31. The van der Waals surface area contributed by atoms with Crippen LogP contribution >= 0.6 is 0 Å². The van der Waals surface area contributed by atoms with Gasteiger partial charge in [-0.1, -0.05) is 26.2 Å². The molecule has 0 aromatic heterocycles. The molecule has 0 aromatic rings. The Hall–Kier alpha value is -1.23. The summed E-state index contributed by atoms with van der Waals surface area (Å²) in [6, 6.07) is 0. The van der Waals surface area contributed by atoms with Crippen LogP contribution < -0.4 is 0 Å². The maximum atomic E-state index is 13.3. The Labute approximate surface area is 129 Å². The number of carboxylic acid groups (broad SMARTS) is 1. The molecule has 0 saturated carbocycles. The maximum Gasteiger partial charge on any atom is 0.410 e. The first-order valence-electron chi connectivity index (χ1n) is 6.63. The molecular formula is C12H14F10O2. The highest BCUT2D eigenvalue weighted by Crippen LogP contribution is 2.57. The zero-order chi connectivity index (χ0) is 19.6. The van der Waals surface area contributed by atoms with E-state index in [1.54, 1.807) is 6.92 Å². The van der Waals surface area contributed by atoms with Gasteiger partial charge in [0.1, 0.15) is 0 Å². The van der Waals surface area contributed by atoms with Crippen LogP contribution in [0.15, 0.2) is 0 Å². The van der Waals surface area contributed by atoms with Gasteiger partial charge in [-0.05, 0) is 6.42 Å². The van der Waals surface area contributed by atoms with Crippen molar-refractivity contribution >= 4 is 5.97 Å². The number of carbonyl (C=O) groups is 1. The van der Waals surface area contributed by atoms with Gasteiger partial charge in [-0.15, -0.1) is 0 Å². The second-order valence-electron chi connectivity index (χ2n) is 5.12. The minimum Gasteiger partial charge on any atom is -0.477 e. The number of rotatable bonds is 10. The Kier molecular flexibility index (Phi) is 6.59. The van der Waals surface area contributed by atoms with Crippen molar-refractivity contribution in [2.24, 2.45) is 0 Å². The molecule has 0 saturated heterocycles. The van der Waals surface area contributed by atoms with E-state index in [0.717, 1.165) is 0 Å².